The molecule has 0 aliphatic carbocycles. The van der Waals surface area contributed by atoms with Crippen molar-refractivity contribution in [3.8, 4) is 5.88 Å². The molecule has 2 aromatic rings. The van der Waals surface area contributed by atoms with Crippen LogP contribution in [0.5, 0.6) is 5.88 Å². The number of thiazole rings is 1. The highest BCUT2D eigenvalue weighted by Gasteiger charge is 2.31. The maximum atomic E-state index is 12.1. The Morgan fingerprint density at radius 3 is 2.55 bits per heavy atom. The van der Waals surface area contributed by atoms with Crippen molar-refractivity contribution in [2.45, 2.75) is 39.2 Å². The van der Waals surface area contributed by atoms with Crippen molar-refractivity contribution < 1.29 is 5.11 Å². The molecule has 0 amide bonds. The standard InChI is InChI=1S/C13H17N3O3S/c1-7(2)8-9(17)15-12(19)16(10(8)18)13(3,4)11-14-5-6-20-11/h5-7,18H,1-4H3,(H,15,17,19). The summed E-state index contributed by atoms with van der Waals surface area (Å²) in [7, 11) is 0. The molecule has 2 heterocycles. The molecule has 2 rings (SSSR count). The summed E-state index contributed by atoms with van der Waals surface area (Å²) in [5.41, 5.74) is -1.83. The Hall–Kier alpha value is -1.89. The molecule has 0 saturated carbocycles. The van der Waals surface area contributed by atoms with Gasteiger partial charge in [-0.15, -0.1) is 11.3 Å². The molecule has 0 aliphatic heterocycles. The molecular formula is C13H17N3O3S. The summed E-state index contributed by atoms with van der Waals surface area (Å²) in [5.74, 6) is -0.494. The lowest BCUT2D eigenvalue weighted by Crippen LogP contribution is -2.42. The van der Waals surface area contributed by atoms with Crippen molar-refractivity contribution in [3.05, 3.63) is 43.0 Å². The summed E-state index contributed by atoms with van der Waals surface area (Å²) in [6.45, 7) is 7.12. The Kier molecular flexibility index (Phi) is 3.56. The second-order valence-electron chi connectivity index (χ2n) is 5.38. The average Bonchev–Trinajstić information content (AvgIpc) is 2.80. The van der Waals surface area contributed by atoms with Crippen LogP contribution in [0.25, 0.3) is 0 Å². The minimum Gasteiger partial charge on any atom is -0.494 e. The number of nitrogens with one attached hydrogen (secondary N) is 1. The van der Waals surface area contributed by atoms with Crippen LogP contribution in [-0.4, -0.2) is 19.6 Å². The third-order valence-electron chi connectivity index (χ3n) is 3.21. The first kappa shape index (κ1) is 14.5. The molecule has 2 N–H and O–H groups in total. The number of rotatable bonds is 3. The normalized spacial score (nSPS) is 12.1. The van der Waals surface area contributed by atoms with Crippen LogP contribution in [0.2, 0.25) is 0 Å². The number of nitrogens with zero attached hydrogens (tertiary/aromatic N) is 2. The Labute approximate surface area is 119 Å². The van der Waals surface area contributed by atoms with Crippen LogP contribution in [0.1, 0.15) is 44.2 Å². The Morgan fingerprint density at radius 1 is 1.40 bits per heavy atom. The van der Waals surface area contributed by atoms with Gasteiger partial charge in [-0.2, -0.15) is 0 Å². The fraction of sp³-hybridized carbons (Fsp3) is 0.462. The maximum Gasteiger partial charge on any atom is 0.332 e. The van der Waals surface area contributed by atoms with Crippen LogP contribution in [0.15, 0.2) is 21.2 Å². The van der Waals surface area contributed by atoms with Crippen molar-refractivity contribution in [2.24, 2.45) is 0 Å². The summed E-state index contributed by atoms with van der Waals surface area (Å²) < 4.78 is 1.18. The summed E-state index contributed by atoms with van der Waals surface area (Å²) in [6.07, 6.45) is 1.64. The smallest absolute Gasteiger partial charge is 0.332 e. The van der Waals surface area contributed by atoms with Gasteiger partial charge in [0.25, 0.3) is 5.56 Å². The van der Waals surface area contributed by atoms with E-state index in [2.05, 4.69) is 9.97 Å². The molecule has 20 heavy (non-hydrogen) atoms. The lowest BCUT2D eigenvalue weighted by molar-refractivity contribution is 0.319. The van der Waals surface area contributed by atoms with Gasteiger partial charge in [-0.3, -0.25) is 14.3 Å². The SMILES string of the molecule is CC(C)c1c(O)n(C(C)(C)c2nccs2)c(=O)[nH]c1=O. The molecule has 0 aromatic carbocycles. The van der Waals surface area contributed by atoms with Gasteiger partial charge in [0.2, 0.25) is 5.88 Å². The van der Waals surface area contributed by atoms with Crippen molar-refractivity contribution >= 4 is 11.3 Å². The van der Waals surface area contributed by atoms with Crippen molar-refractivity contribution in [1.82, 2.24) is 14.5 Å². The average molecular weight is 295 g/mol. The number of H-pyrrole nitrogens is 1. The van der Waals surface area contributed by atoms with E-state index in [1.165, 1.54) is 15.9 Å². The molecule has 0 fully saturated rings. The molecule has 0 spiro atoms. The topological polar surface area (TPSA) is 88.0 Å². The molecule has 2 aromatic heterocycles. The van der Waals surface area contributed by atoms with Gasteiger partial charge in [0.15, 0.2) is 0 Å². The lowest BCUT2D eigenvalue weighted by atomic mass is 10.0. The fourth-order valence-electron chi connectivity index (χ4n) is 2.20. The van der Waals surface area contributed by atoms with Crippen LogP contribution in [-0.2, 0) is 5.54 Å². The third-order valence-corrected chi connectivity index (χ3v) is 4.30. The molecule has 0 saturated heterocycles. The van der Waals surface area contributed by atoms with Crippen LogP contribution in [0.3, 0.4) is 0 Å². The highest BCUT2D eigenvalue weighted by molar-refractivity contribution is 7.09. The number of hydrogen-bond acceptors (Lipinski definition) is 5. The fourth-order valence-corrected chi connectivity index (χ4v) is 2.95. The van der Waals surface area contributed by atoms with Crippen molar-refractivity contribution in [3.63, 3.8) is 0 Å². The van der Waals surface area contributed by atoms with Gasteiger partial charge in [0, 0.05) is 11.6 Å². The van der Waals surface area contributed by atoms with Gasteiger partial charge in [-0.05, 0) is 19.8 Å². The number of aromatic amines is 1. The van der Waals surface area contributed by atoms with Gasteiger partial charge in [-0.25, -0.2) is 9.78 Å². The van der Waals surface area contributed by atoms with Gasteiger partial charge in [0.1, 0.15) is 5.01 Å². The van der Waals surface area contributed by atoms with E-state index in [1.807, 2.05) is 0 Å². The van der Waals surface area contributed by atoms with Gasteiger partial charge in [0.05, 0.1) is 11.1 Å². The number of aromatic nitrogens is 3. The summed E-state index contributed by atoms with van der Waals surface area (Å²) in [5, 5.41) is 12.9. The van der Waals surface area contributed by atoms with Crippen molar-refractivity contribution in [1.29, 1.82) is 0 Å². The largest absolute Gasteiger partial charge is 0.494 e. The minimum atomic E-state index is -0.844. The van der Waals surface area contributed by atoms with E-state index in [0.717, 1.165) is 0 Å². The van der Waals surface area contributed by atoms with E-state index < -0.39 is 16.8 Å². The van der Waals surface area contributed by atoms with E-state index in [4.69, 9.17) is 0 Å². The van der Waals surface area contributed by atoms with E-state index >= 15 is 0 Å². The van der Waals surface area contributed by atoms with Crippen LogP contribution in [0.4, 0.5) is 0 Å². The molecule has 0 atom stereocenters. The van der Waals surface area contributed by atoms with Crippen LogP contribution >= 0.6 is 11.3 Å². The zero-order chi connectivity index (χ0) is 15.1. The first-order chi connectivity index (χ1) is 9.26. The van der Waals surface area contributed by atoms with Gasteiger partial charge in [-0.1, -0.05) is 13.8 Å². The molecule has 0 bridgehead atoms. The van der Waals surface area contributed by atoms with Gasteiger partial charge < -0.3 is 5.11 Å². The number of hydrogen-bond donors (Lipinski definition) is 2. The summed E-state index contributed by atoms with van der Waals surface area (Å²) >= 11 is 1.39. The highest BCUT2D eigenvalue weighted by Crippen LogP contribution is 2.31. The third kappa shape index (κ3) is 2.18. The maximum absolute atomic E-state index is 12.1. The Balaban J connectivity index is 2.79. The molecular weight excluding hydrogens is 278 g/mol. The zero-order valence-electron chi connectivity index (χ0n) is 11.8. The summed E-state index contributed by atoms with van der Waals surface area (Å²) in [4.78, 5) is 30.4. The molecule has 7 heteroatoms. The Morgan fingerprint density at radius 2 is 2.05 bits per heavy atom. The predicted octanol–water partition coefficient (Wildman–Crippen LogP) is 1.61. The second kappa shape index (κ2) is 4.90. The monoisotopic (exact) mass is 295 g/mol. The predicted molar refractivity (Wildman–Crippen MR) is 77.6 cm³/mol. The van der Waals surface area contributed by atoms with E-state index in [9.17, 15) is 14.7 Å². The van der Waals surface area contributed by atoms with E-state index in [1.54, 1.807) is 39.3 Å². The van der Waals surface area contributed by atoms with E-state index in [-0.39, 0.29) is 17.4 Å². The van der Waals surface area contributed by atoms with E-state index in [0.29, 0.717) is 5.01 Å². The molecule has 0 radical (unpaired) electrons. The first-order valence-electron chi connectivity index (χ1n) is 6.25. The van der Waals surface area contributed by atoms with Gasteiger partial charge >= 0.3 is 5.69 Å². The second-order valence-corrected chi connectivity index (χ2v) is 6.28. The first-order valence-corrected chi connectivity index (χ1v) is 7.13. The van der Waals surface area contributed by atoms with Crippen LogP contribution in [0, 0.1) is 0 Å². The molecule has 108 valence electrons. The lowest BCUT2D eigenvalue weighted by Gasteiger charge is -2.27. The molecule has 6 nitrogen and oxygen atoms in total. The highest BCUT2D eigenvalue weighted by atomic mass is 32.1. The Bertz CT molecular complexity index is 726. The zero-order valence-corrected chi connectivity index (χ0v) is 12.6. The summed E-state index contributed by atoms with van der Waals surface area (Å²) in [6, 6.07) is 0. The van der Waals surface area contributed by atoms with Crippen molar-refractivity contribution in [2.75, 3.05) is 0 Å². The molecule has 0 aliphatic rings. The number of aromatic hydroxyl groups is 1. The minimum absolute atomic E-state index is 0.197. The van der Waals surface area contributed by atoms with Crippen LogP contribution < -0.4 is 11.2 Å². The molecule has 0 unspecified atom stereocenters. The quantitative estimate of drug-likeness (QED) is 0.900.